The van der Waals surface area contributed by atoms with E-state index in [4.69, 9.17) is 21.1 Å². The fourth-order valence-corrected chi connectivity index (χ4v) is 2.96. The number of benzene rings is 2. The first-order valence-electron chi connectivity index (χ1n) is 8.58. The molecule has 0 saturated heterocycles. The lowest BCUT2D eigenvalue weighted by Crippen LogP contribution is -2.24. The summed E-state index contributed by atoms with van der Waals surface area (Å²) in [5, 5.41) is 6.33. The molecule has 0 spiro atoms. The van der Waals surface area contributed by atoms with Gasteiger partial charge in [0.15, 0.2) is 6.61 Å². The highest BCUT2D eigenvalue weighted by molar-refractivity contribution is 7.12. The van der Waals surface area contributed by atoms with Crippen molar-refractivity contribution in [1.82, 2.24) is 5.43 Å². The molecular formula is C21H17ClN2O4S. The molecule has 8 heteroatoms. The molecule has 3 rings (SSSR count). The van der Waals surface area contributed by atoms with E-state index in [9.17, 15) is 9.59 Å². The van der Waals surface area contributed by atoms with Crippen LogP contribution in [0, 0.1) is 6.92 Å². The van der Waals surface area contributed by atoms with Gasteiger partial charge in [0.1, 0.15) is 16.4 Å². The quantitative estimate of drug-likeness (QED) is 0.261. The third-order valence-corrected chi connectivity index (χ3v) is 4.99. The summed E-state index contributed by atoms with van der Waals surface area (Å²) in [6.45, 7) is 1.68. The second-order valence-electron chi connectivity index (χ2n) is 5.93. The van der Waals surface area contributed by atoms with Crippen LogP contribution in [0.2, 0.25) is 5.02 Å². The highest BCUT2D eigenvalue weighted by atomic mass is 35.5. The molecule has 1 N–H and O–H groups in total. The van der Waals surface area contributed by atoms with Crippen molar-refractivity contribution in [1.29, 1.82) is 0 Å². The van der Waals surface area contributed by atoms with E-state index in [-0.39, 0.29) is 6.61 Å². The van der Waals surface area contributed by atoms with Crippen molar-refractivity contribution in [2.24, 2.45) is 5.10 Å². The number of ether oxygens (including phenoxy) is 2. The number of amides is 1. The van der Waals surface area contributed by atoms with E-state index in [2.05, 4.69) is 10.5 Å². The zero-order chi connectivity index (χ0) is 20.6. The van der Waals surface area contributed by atoms with Gasteiger partial charge < -0.3 is 9.47 Å². The van der Waals surface area contributed by atoms with Crippen LogP contribution in [0.4, 0.5) is 0 Å². The lowest BCUT2D eigenvalue weighted by Gasteiger charge is -2.06. The molecule has 148 valence electrons. The van der Waals surface area contributed by atoms with E-state index >= 15 is 0 Å². The summed E-state index contributed by atoms with van der Waals surface area (Å²) in [5.41, 5.74) is 3.99. The number of nitrogens with one attached hydrogen (secondary N) is 1. The molecule has 29 heavy (non-hydrogen) atoms. The van der Waals surface area contributed by atoms with Crippen molar-refractivity contribution in [2.75, 3.05) is 6.61 Å². The van der Waals surface area contributed by atoms with Crippen LogP contribution in [-0.2, 0) is 4.79 Å². The molecule has 0 aliphatic carbocycles. The van der Waals surface area contributed by atoms with E-state index < -0.39 is 11.9 Å². The van der Waals surface area contributed by atoms with Gasteiger partial charge in [0, 0.05) is 5.02 Å². The number of hydrogen-bond donors (Lipinski definition) is 1. The van der Waals surface area contributed by atoms with Crippen molar-refractivity contribution in [2.45, 2.75) is 6.92 Å². The molecule has 3 aromatic rings. The number of hydrazone groups is 1. The minimum absolute atomic E-state index is 0.171. The monoisotopic (exact) mass is 428 g/mol. The molecule has 2 aromatic carbocycles. The number of halogens is 1. The van der Waals surface area contributed by atoms with Gasteiger partial charge in [0.25, 0.3) is 5.91 Å². The van der Waals surface area contributed by atoms with Crippen LogP contribution >= 0.6 is 22.9 Å². The second kappa shape index (κ2) is 9.86. The van der Waals surface area contributed by atoms with E-state index in [0.29, 0.717) is 21.4 Å². The standard InChI is InChI=1S/C21H17ClN2O4S/c1-14-11-17(8-9-18(14)22)27-13-20(25)24-23-12-15-4-6-16(7-5-15)28-21(26)19-3-2-10-29-19/h2-12H,13H2,1H3,(H,24,25)/b23-12+. The second-order valence-corrected chi connectivity index (χ2v) is 7.28. The predicted octanol–water partition coefficient (Wildman–Crippen LogP) is 4.46. The third kappa shape index (κ3) is 6.17. The number of hydrogen-bond acceptors (Lipinski definition) is 6. The zero-order valence-electron chi connectivity index (χ0n) is 15.4. The molecule has 1 amide bonds. The highest BCUT2D eigenvalue weighted by Gasteiger charge is 2.09. The maximum absolute atomic E-state index is 11.9. The molecular weight excluding hydrogens is 412 g/mol. The van der Waals surface area contributed by atoms with E-state index in [0.717, 1.165) is 11.1 Å². The molecule has 0 aliphatic heterocycles. The summed E-state index contributed by atoms with van der Waals surface area (Å²) >= 11 is 7.27. The number of aryl methyl sites for hydroxylation is 1. The molecule has 0 saturated carbocycles. The topological polar surface area (TPSA) is 77.0 Å². The highest BCUT2D eigenvalue weighted by Crippen LogP contribution is 2.21. The maximum atomic E-state index is 11.9. The molecule has 0 unspecified atom stereocenters. The molecule has 6 nitrogen and oxygen atoms in total. The average Bonchev–Trinajstić information content (AvgIpc) is 3.25. The Morgan fingerprint density at radius 2 is 1.90 bits per heavy atom. The summed E-state index contributed by atoms with van der Waals surface area (Å²) in [5.74, 6) is 0.190. The molecule has 0 aliphatic rings. The third-order valence-electron chi connectivity index (χ3n) is 3.72. The number of rotatable bonds is 7. The van der Waals surface area contributed by atoms with Crippen molar-refractivity contribution >= 4 is 41.0 Å². The van der Waals surface area contributed by atoms with Crippen LogP contribution in [0.3, 0.4) is 0 Å². The van der Waals surface area contributed by atoms with E-state index in [1.807, 2.05) is 12.3 Å². The van der Waals surface area contributed by atoms with Crippen molar-refractivity contribution in [3.05, 3.63) is 81.0 Å². The Hall–Kier alpha value is -3.16. The number of esters is 1. The first-order chi connectivity index (χ1) is 14.0. The molecule has 0 bridgehead atoms. The lowest BCUT2D eigenvalue weighted by atomic mass is 10.2. The molecule has 0 atom stereocenters. The van der Waals surface area contributed by atoms with Gasteiger partial charge in [-0.05, 0) is 72.0 Å². The summed E-state index contributed by atoms with van der Waals surface area (Å²) < 4.78 is 10.7. The number of thiophene rings is 1. The van der Waals surface area contributed by atoms with Gasteiger partial charge in [-0.2, -0.15) is 5.10 Å². The fourth-order valence-electron chi connectivity index (χ4n) is 2.24. The molecule has 0 radical (unpaired) electrons. The van der Waals surface area contributed by atoms with Crippen molar-refractivity contribution < 1.29 is 19.1 Å². The van der Waals surface area contributed by atoms with Crippen LogP contribution in [-0.4, -0.2) is 24.7 Å². The Labute approximate surface area is 176 Å². The summed E-state index contributed by atoms with van der Waals surface area (Å²) in [6, 6.07) is 15.4. The lowest BCUT2D eigenvalue weighted by molar-refractivity contribution is -0.123. The Balaban J connectivity index is 1.45. The number of carbonyl (C=O) groups is 2. The maximum Gasteiger partial charge on any atom is 0.353 e. The minimum atomic E-state index is -0.399. The van der Waals surface area contributed by atoms with E-state index in [1.54, 1.807) is 54.6 Å². The first-order valence-corrected chi connectivity index (χ1v) is 9.83. The van der Waals surface area contributed by atoms with Gasteiger partial charge >= 0.3 is 5.97 Å². The van der Waals surface area contributed by atoms with Crippen LogP contribution in [0.5, 0.6) is 11.5 Å². The van der Waals surface area contributed by atoms with Gasteiger partial charge in [0.05, 0.1) is 6.21 Å². The van der Waals surface area contributed by atoms with Crippen LogP contribution in [0.25, 0.3) is 0 Å². The normalized spacial score (nSPS) is 10.7. The summed E-state index contributed by atoms with van der Waals surface area (Å²) in [7, 11) is 0. The SMILES string of the molecule is Cc1cc(OCC(=O)N/N=C/c2ccc(OC(=O)c3cccs3)cc2)ccc1Cl. The Kier molecular flexibility index (Phi) is 6.99. The van der Waals surface area contributed by atoms with E-state index in [1.165, 1.54) is 17.6 Å². The van der Waals surface area contributed by atoms with Crippen LogP contribution in [0.1, 0.15) is 20.8 Å². The average molecular weight is 429 g/mol. The Morgan fingerprint density at radius 1 is 1.14 bits per heavy atom. The first kappa shape index (κ1) is 20.6. The number of nitrogens with zero attached hydrogens (tertiary/aromatic N) is 1. The van der Waals surface area contributed by atoms with Gasteiger partial charge in [-0.3, -0.25) is 4.79 Å². The van der Waals surface area contributed by atoms with Gasteiger partial charge in [-0.15, -0.1) is 11.3 Å². The van der Waals surface area contributed by atoms with Crippen molar-refractivity contribution in [3.63, 3.8) is 0 Å². The van der Waals surface area contributed by atoms with Gasteiger partial charge in [-0.1, -0.05) is 17.7 Å². The predicted molar refractivity (Wildman–Crippen MR) is 113 cm³/mol. The minimum Gasteiger partial charge on any atom is -0.484 e. The van der Waals surface area contributed by atoms with Gasteiger partial charge in [-0.25, -0.2) is 10.2 Å². The van der Waals surface area contributed by atoms with Crippen molar-refractivity contribution in [3.8, 4) is 11.5 Å². The summed E-state index contributed by atoms with van der Waals surface area (Å²) in [4.78, 5) is 24.3. The molecule has 0 fully saturated rings. The largest absolute Gasteiger partial charge is 0.484 e. The smallest absolute Gasteiger partial charge is 0.353 e. The van der Waals surface area contributed by atoms with Crippen LogP contribution in [0.15, 0.2) is 65.1 Å². The number of carbonyl (C=O) groups excluding carboxylic acids is 2. The fraction of sp³-hybridized carbons (Fsp3) is 0.0952. The van der Waals surface area contributed by atoms with Crippen LogP contribution < -0.4 is 14.9 Å². The molecule has 1 heterocycles. The Bertz CT molecular complexity index is 1020. The molecule has 1 aromatic heterocycles. The zero-order valence-corrected chi connectivity index (χ0v) is 17.0. The Morgan fingerprint density at radius 3 is 2.59 bits per heavy atom. The summed E-state index contributed by atoms with van der Waals surface area (Å²) in [6.07, 6.45) is 1.48. The van der Waals surface area contributed by atoms with Gasteiger partial charge in [0.2, 0.25) is 0 Å².